The predicted molar refractivity (Wildman–Crippen MR) is 100.0 cm³/mol. The van der Waals surface area contributed by atoms with Crippen molar-refractivity contribution in [2.75, 3.05) is 4.31 Å². The first-order valence-electron chi connectivity index (χ1n) is 7.85. The monoisotopic (exact) mass is 382 g/mol. The molecule has 0 aromatic heterocycles. The van der Waals surface area contributed by atoms with Gasteiger partial charge in [-0.25, -0.2) is 8.42 Å². The second-order valence-electron chi connectivity index (χ2n) is 5.53. The fourth-order valence-corrected chi connectivity index (χ4v) is 3.89. The molecule has 0 atom stereocenters. The van der Waals surface area contributed by atoms with Crippen molar-refractivity contribution in [3.8, 4) is 0 Å². The summed E-state index contributed by atoms with van der Waals surface area (Å²) in [4.78, 5) is 22.9. The maximum atomic E-state index is 13.2. The second kappa shape index (κ2) is 7.38. The lowest BCUT2D eigenvalue weighted by atomic mass is 10.2. The average molecular weight is 382 g/mol. The summed E-state index contributed by atoms with van der Waals surface area (Å²) >= 11 is 0. The summed E-state index contributed by atoms with van der Waals surface area (Å²) in [7, 11) is -4.28. The van der Waals surface area contributed by atoms with Crippen molar-refractivity contribution < 1.29 is 18.1 Å². The van der Waals surface area contributed by atoms with Crippen molar-refractivity contribution in [3.63, 3.8) is 0 Å². The van der Waals surface area contributed by atoms with E-state index in [4.69, 9.17) is 0 Å². The van der Waals surface area contributed by atoms with Crippen LogP contribution in [0.15, 0.2) is 89.8 Å². The molecule has 7 nitrogen and oxygen atoms in total. The van der Waals surface area contributed by atoms with Crippen molar-refractivity contribution in [2.45, 2.75) is 4.90 Å². The van der Waals surface area contributed by atoms with Gasteiger partial charge in [0.05, 0.1) is 15.5 Å². The number of hydrogen-bond acceptors (Lipinski definition) is 5. The van der Waals surface area contributed by atoms with Crippen molar-refractivity contribution in [3.05, 3.63) is 101 Å². The number of carbonyl (C=O) groups excluding carboxylic acids is 1. The van der Waals surface area contributed by atoms with E-state index in [1.807, 2.05) is 0 Å². The number of rotatable bonds is 5. The molecule has 0 fully saturated rings. The van der Waals surface area contributed by atoms with Gasteiger partial charge in [0.1, 0.15) is 0 Å². The van der Waals surface area contributed by atoms with Crippen LogP contribution in [0.3, 0.4) is 0 Å². The number of benzene rings is 3. The number of nitro groups is 1. The minimum atomic E-state index is -4.28. The first kappa shape index (κ1) is 18.3. The van der Waals surface area contributed by atoms with Crippen LogP contribution < -0.4 is 4.31 Å². The molecule has 0 aliphatic heterocycles. The molecule has 0 saturated carbocycles. The van der Waals surface area contributed by atoms with E-state index in [1.165, 1.54) is 24.3 Å². The Kier molecular flexibility index (Phi) is 5.00. The van der Waals surface area contributed by atoms with Gasteiger partial charge in [-0.1, -0.05) is 36.4 Å². The number of nitrogens with zero attached hydrogens (tertiary/aromatic N) is 2. The van der Waals surface area contributed by atoms with E-state index in [0.717, 1.165) is 24.3 Å². The Hall–Kier alpha value is -3.52. The van der Waals surface area contributed by atoms with Gasteiger partial charge in [-0.3, -0.25) is 14.9 Å². The van der Waals surface area contributed by atoms with Crippen LogP contribution in [0, 0.1) is 10.1 Å². The standard InChI is InChI=1S/C19H14N2O5S/c22-19(15-7-3-1-4-8-15)20(16-9-5-2-6-10-16)27(25,26)18-13-11-17(12-14-18)21(23)24/h1-14H. The lowest BCUT2D eigenvalue weighted by Crippen LogP contribution is -2.37. The average Bonchev–Trinajstić information content (AvgIpc) is 2.69. The molecule has 8 heteroatoms. The fourth-order valence-electron chi connectivity index (χ4n) is 2.47. The summed E-state index contributed by atoms with van der Waals surface area (Å²) in [5.74, 6) is -0.722. The third kappa shape index (κ3) is 3.70. The third-order valence-electron chi connectivity index (χ3n) is 3.78. The summed E-state index contributed by atoms with van der Waals surface area (Å²) in [6, 6.07) is 20.4. The van der Waals surface area contributed by atoms with Gasteiger partial charge >= 0.3 is 0 Å². The molecule has 0 heterocycles. The quantitative estimate of drug-likeness (QED) is 0.496. The van der Waals surface area contributed by atoms with Gasteiger partial charge in [0.2, 0.25) is 0 Å². The number of para-hydroxylation sites is 1. The number of hydrogen-bond donors (Lipinski definition) is 0. The lowest BCUT2D eigenvalue weighted by Gasteiger charge is -2.22. The van der Waals surface area contributed by atoms with Gasteiger partial charge in [-0.05, 0) is 36.4 Å². The molecule has 3 aromatic rings. The van der Waals surface area contributed by atoms with Gasteiger partial charge in [-0.2, -0.15) is 4.31 Å². The van der Waals surface area contributed by atoms with Crippen LogP contribution in [0.2, 0.25) is 0 Å². The zero-order chi connectivity index (χ0) is 19.4. The van der Waals surface area contributed by atoms with Gasteiger partial charge in [0.25, 0.3) is 21.6 Å². The van der Waals surface area contributed by atoms with Gasteiger partial charge in [0, 0.05) is 17.7 Å². The Morgan fingerprint density at radius 3 is 1.85 bits per heavy atom. The normalized spacial score (nSPS) is 11.0. The van der Waals surface area contributed by atoms with E-state index in [2.05, 4.69) is 0 Å². The van der Waals surface area contributed by atoms with E-state index in [0.29, 0.717) is 4.31 Å². The molecule has 1 amide bonds. The molecular formula is C19H14N2O5S. The maximum Gasteiger partial charge on any atom is 0.272 e. The summed E-state index contributed by atoms with van der Waals surface area (Å²) in [5, 5.41) is 10.8. The predicted octanol–water partition coefficient (Wildman–Crippen LogP) is 3.63. The van der Waals surface area contributed by atoms with Crippen LogP contribution in [0.1, 0.15) is 10.4 Å². The van der Waals surface area contributed by atoms with E-state index >= 15 is 0 Å². The van der Waals surface area contributed by atoms with Crippen LogP contribution in [0.4, 0.5) is 11.4 Å². The molecule has 0 radical (unpaired) electrons. The molecule has 3 rings (SSSR count). The van der Waals surface area contributed by atoms with Crippen molar-refractivity contribution >= 4 is 27.3 Å². The van der Waals surface area contributed by atoms with E-state index in [-0.39, 0.29) is 21.8 Å². The van der Waals surface area contributed by atoms with Crippen molar-refractivity contribution in [2.24, 2.45) is 0 Å². The molecule has 0 aliphatic rings. The molecule has 3 aromatic carbocycles. The first-order valence-corrected chi connectivity index (χ1v) is 9.29. The Morgan fingerprint density at radius 2 is 1.33 bits per heavy atom. The van der Waals surface area contributed by atoms with E-state index in [9.17, 15) is 23.3 Å². The minimum absolute atomic E-state index is 0.171. The van der Waals surface area contributed by atoms with Crippen LogP contribution in [-0.2, 0) is 10.0 Å². The number of carbonyl (C=O) groups is 1. The molecule has 0 aliphatic carbocycles. The Labute approximate surface area is 155 Å². The second-order valence-corrected chi connectivity index (χ2v) is 7.31. The minimum Gasteiger partial charge on any atom is -0.268 e. The molecular weight excluding hydrogens is 368 g/mol. The highest BCUT2D eigenvalue weighted by Crippen LogP contribution is 2.27. The third-order valence-corrected chi connectivity index (χ3v) is 5.51. The number of nitro benzene ring substituents is 1. The highest BCUT2D eigenvalue weighted by Gasteiger charge is 2.32. The summed E-state index contributed by atoms with van der Waals surface area (Å²) < 4.78 is 27.0. The number of amides is 1. The largest absolute Gasteiger partial charge is 0.272 e. The van der Waals surface area contributed by atoms with Crippen LogP contribution >= 0.6 is 0 Å². The number of non-ortho nitro benzene ring substituents is 1. The first-order chi connectivity index (χ1) is 12.9. The topological polar surface area (TPSA) is 97.6 Å². The van der Waals surface area contributed by atoms with Gasteiger partial charge in [-0.15, -0.1) is 0 Å². The highest BCUT2D eigenvalue weighted by molar-refractivity contribution is 7.93. The Balaban J connectivity index is 2.12. The van der Waals surface area contributed by atoms with Crippen LogP contribution in [0.25, 0.3) is 0 Å². The zero-order valence-electron chi connectivity index (χ0n) is 13.9. The summed E-state index contributed by atoms with van der Waals surface area (Å²) in [6.07, 6.45) is 0. The molecule has 0 spiro atoms. The summed E-state index contributed by atoms with van der Waals surface area (Å²) in [5.41, 5.74) is 0.131. The van der Waals surface area contributed by atoms with Crippen LogP contribution in [0.5, 0.6) is 0 Å². The molecule has 0 saturated heterocycles. The molecule has 0 unspecified atom stereocenters. The molecule has 136 valence electrons. The van der Waals surface area contributed by atoms with E-state index < -0.39 is 20.9 Å². The van der Waals surface area contributed by atoms with Crippen molar-refractivity contribution in [1.29, 1.82) is 0 Å². The SMILES string of the molecule is O=C(c1ccccc1)N(c1ccccc1)S(=O)(=O)c1ccc([N+](=O)[O-])cc1. The van der Waals surface area contributed by atoms with Crippen LogP contribution in [-0.4, -0.2) is 19.2 Å². The fraction of sp³-hybridized carbons (Fsp3) is 0. The van der Waals surface area contributed by atoms with Gasteiger partial charge < -0.3 is 0 Å². The van der Waals surface area contributed by atoms with E-state index in [1.54, 1.807) is 36.4 Å². The highest BCUT2D eigenvalue weighted by atomic mass is 32.2. The maximum absolute atomic E-state index is 13.2. The smallest absolute Gasteiger partial charge is 0.268 e. The lowest BCUT2D eigenvalue weighted by molar-refractivity contribution is -0.384. The molecule has 0 bridgehead atoms. The van der Waals surface area contributed by atoms with Crippen molar-refractivity contribution in [1.82, 2.24) is 0 Å². The zero-order valence-corrected chi connectivity index (χ0v) is 14.7. The number of anilines is 1. The van der Waals surface area contributed by atoms with Gasteiger partial charge in [0.15, 0.2) is 0 Å². The Bertz CT molecular complexity index is 1070. The number of sulfonamides is 1. The molecule has 0 N–H and O–H groups in total. The summed E-state index contributed by atoms with van der Waals surface area (Å²) in [6.45, 7) is 0. The Morgan fingerprint density at radius 1 is 0.815 bits per heavy atom. The molecule has 27 heavy (non-hydrogen) atoms.